The van der Waals surface area contributed by atoms with Gasteiger partial charge in [-0.15, -0.1) is 0 Å². The van der Waals surface area contributed by atoms with Gasteiger partial charge in [-0.25, -0.2) is 0 Å². The zero-order valence-corrected chi connectivity index (χ0v) is 10.9. The molecule has 0 aliphatic carbocycles. The third kappa shape index (κ3) is 5.01. The lowest BCUT2D eigenvalue weighted by Gasteiger charge is -2.30. The molecule has 0 heterocycles. The molecule has 0 fully saturated rings. The van der Waals surface area contributed by atoms with Crippen LogP contribution in [-0.4, -0.2) is 13.1 Å². The summed E-state index contributed by atoms with van der Waals surface area (Å²) in [7, 11) is 1.44. The van der Waals surface area contributed by atoms with Gasteiger partial charge in [0.1, 0.15) is 0 Å². The highest BCUT2D eigenvalue weighted by atomic mass is 16.5. The van der Waals surface area contributed by atoms with E-state index in [1.54, 1.807) is 0 Å². The van der Waals surface area contributed by atoms with Crippen molar-refractivity contribution in [3.8, 4) is 0 Å². The number of carbonyl (C=O) groups excluding carboxylic acids is 1. The Balaban J connectivity index is 4.56. The maximum Gasteiger partial charge on any atom is 0.311 e. The normalized spacial score (nSPS) is 13.2. The van der Waals surface area contributed by atoms with Crippen molar-refractivity contribution in [1.29, 1.82) is 0 Å². The fraction of sp³-hybridized carbons (Fsp3) is 0.769. The van der Waals surface area contributed by atoms with E-state index < -0.39 is 5.41 Å². The smallest absolute Gasteiger partial charge is 0.311 e. The van der Waals surface area contributed by atoms with Gasteiger partial charge in [0, 0.05) is 0 Å². The summed E-state index contributed by atoms with van der Waals surface area (Å²) in [5.41, 5.74) is -0.385. The monoisotopic (exact) mass is 212 g/mol. The molecule has 0 aliphatic rings. The summed E-state index contributed by atoms with van der Waals surface area (Å²) in [6.45, 7) is 10.3. The molecule has 0 N–H and O–H groups in total. The van der Waals surface area contributed by atoms with Crippen LogP contribution in [0.25, 0.3) is 0 Å². The van der Waals surface area contributed by atoms with Crippen LogP contribution in [0.2, 0.25) is 0 Å². The minimum Gasteiger partial charge on any atom is -0.469 e. The first kappa shape index (κ1) is 14.2. The molecule has 0 unspecified atom stereocenters. The van der Waals surface area contributed by atoms with Gasteiger partial charge in [-0.3, -0.25) is 4.79 Å². The summed E-state index contributed by atoms with van der Waals surface area (Å²) in [5, 5.41) is 0. The van der Waals surface area contributed by atoms with Crippen molar-refractivity contribution in [3.05, 3.63) is 12.2 Å². The lowest BCUT2D eigenvalue weighted by atomic mass is 9.75. The maximum absolute atomic E-state index is 11.5. The van der Waals surface area contributed by atoms with E-state index in [9.17, 15) is 4.79 Å². The SMILES string of the molecule is CCC=CC(C)(C)CC(C)(C)C(=O)OC. The molecule has 0 aromatic rings. The molecule has 0 aromatic carbocycles. The molecule has 0 rings (SSSR count). The Kier molecular flexibility index (Phi) is 5.06. The van der Waals surface area contributed by atoms with Gasteiger partial charge in [0.05, 0.1) is 12.5 Å². The zero-order chi connectivity index (χ0) is 12.1. The predicted octanol–water partition coefficient (Wildman–Crippen LogP) is 3.57. The summed E-state index contributed by atoms with van der Waals surface area (Å²) in [6.07, 6.45) is 6.15. The van der Waals surface area contributed by atoms with Crippen LogP contribution >= 0.6 is 0 Å². The second-order valence-corrected chi connectivity index (χ2v) is 5.35. The number of methoxy groups -OCH3 is 1. The lowest BCUT2D eigenvalue weighted by molar-refractivity contribution is -0.152. The van der Waals surface area contributed by atoms with E-state index in [-0.39, 0.29) is 11.4 Å². The minimum absolute atomic E-state index is 0.0354. The number of esters is 1. The molecule has 2 heteroatoms. The van der Waals surface area contributed by atoms with Crippen LogP contribution in [0.4, 0.5) is 0 Å². The van der Waals surface area contributed by atoms with Gasteiger partial charge in [0.2, 0.25) is 0 Å². The van der Waals surface area contributed by atoms with Gasteiger partial charge >= 0.3 is 5.97 Å². The van der Waals surface area contributed by atoms with Gasteiger partial charge in [0.15, 0.2) is 0 Å². The maximum atomic E-state index is 11.5. The first-order chi connectivity index (χ1) is 6.75. The van der Waals surface area contributed by atoms with Crippen molar-refractivity contribution < 1.29 is 9.53 Å². The molecule has 0 saturated carbocycles. The third-order valence-electron chi connectivity index (χ3n) is 2.44. The molecule has 15 heavy (non-hydrogen) atoms. The Hall–Kier alpha value is -0.790. The average molecular weight is 212 g/mol. The standard InChI is InChI=1S/C13H24O2/c1-7-8-9-12(2,3)10-13(4,5)11(14)15-6/h8-9H,7,10H2,1-6H3. The van der Waals surface area contributed by atoms with Crippen molar-refractivity contribution >= 4 is 5.97 Å². The first-order valence-corrected chi connectivity index (χ1v) is 5.51. The number of rotatable bonds is 5. The number of ether oxygens (including phenoxy) is 1. The van der Waals surface area contributed by atoms with E-state index >= 15 is 0 Å². The van der Waals surface area contributed by atoms with E-state index in [1.807, 2.05) is 13.8 Å². The quantitative estimate of drug-likeness (QED) is 0.514. The molecule has 0 aliphatic heterocycles. The molecule has 0 saturated heterocycles. The molecule has 0 aromatic heterocycles. The Morgan fingerprint density at radius 3 is 2.20 bits per heavy atom. The van der Waals surface area contributed by atoms with Crippen molar-refractivity contribution in [3.63, 3.8) is 0 Å². The summed E-state index contributed by atoms with van der Waals surface area (Å²) in [5.74, 6) is -0.138. The Bertz CT molecular complexity index is 237. The molecule has 0 atom stereocenters. The highest BCUT2D eigenvalue weighted by Gasteiger charge is 2.34. The topological polar surface area (TPSA) is 26.3 Å². The van der Waals surface area contributed by atoms with Crippen LogP contribution in [0.3, 0.4) is 0 Å². The van der Waals surface area contributed by atoms with Crippen LogP contribution in [0.5, 0.6) is 0 Å². The fourth-order valence-electron chi connectivity index (χ4n) is 1.98. The summed E-state index contributed by atoms with van der Waals surface area (Å²) in [6, 6.07) is 0. The molecule has 0 spiro atoms. The number of hydrogen-bond acceptors (Lipinski definition) is 2. The molecule has 0 bridgehead atoms. The second-order valence-electron chi connectivity index (χ2n) is 5.35. The number of allylic oxidation sites excluding steroid dienone is 2. The summed E-state index contributed by atoms with van der Waals surface area (Å²) >= 11 is 0. The van der Waals surface area contributed by atoms with Crippen LogP contribution in [-0.2, 0) is 9.53 Å². The van der Waals surface area contributed by atoms with Crippen molar-refractivity contribution in [2.24, 2.45) is 10.8 Å². The highest BCUT2D eigenvalue weighted by molar-refractivity contribution is 5.75. The van der Waals surface area contributed by atoms with Crippen molar-refractivity contribution in [2.45, 2.75) is 47.5 Å². The molecule has 88 valence electrons. The van der Waals surface area contributed by atoms with Crippen LogP contribution in [0, 0.1) is 10.8 Å². The molecule has 2 nitrogen and oxygen atoms in total. The Morgan fingerprint density at radius 1 is 1.27 bits per heavy atom. The van der Waals surface area contributed by atoms with Crippen molar-refractivity contribution in [1.82, 2.24) is 0 Å². The van der Waals surface area contributed by atoms with Crippen LogP contribution in [0.15, 0.2) is 12.2 Å². The van der Waals surface area contributed by atoms with Gasteiger partial charge in [-0.05, 0) is 32.1 Å². The Labute approximate surface area is 93.7 Å². The largest absolute Gasteiger partial charge is 0.469 e. The molecular formula is C13H24O2. The number of hydrogen-bond donors (Lipinski definition) is 0. The van der Waals surface area contributed by atoms with Crippen LogP contribution in [0.1, 0.15) is 47.5 Å². The van der Waals surface area contributed by atoms with Gasteiger partial charge in [-0.2, -0.15) is 0 Å². The highest BCUT2D eigenvalue weighted by Crippen LogP contribution is 2.35. The summed E-state index contributed by atoms with van der Waals surface area (Å²) in [4.78, 5) is 11.5. The third-order valence-corrected chi connectivity index (χ3v) is 2.44. The van der Waals surface area contributed by atoms with E-state index in [2.05, 4.69) is 32.9 Å². The van der Waals surface area contributed by atoms with E-state index in [1.165, 1.54) is 7.11 Å². The van der Waals surface area contributed by atoms with Gasteiger partial charge in [-0.1, -0.05) is 32.9 Å². The summed E-state index contributed by atoms with van der Waals surface area (Å²) < 4.78 is 4.80. The fourth-order valence-corrected chi connectivity index (χ4v) is 1.98. The Morgan fingerprint density at radius 2 is 1.80 bits per heavy atom. The average Bonchev–Trinajstić information content (AvgIpc) is 2.11. The lowest BCUT2D eigenvalue weighted by Crippen LogP contribution is -2.30. The number of carbonyl (C=O) groups is 1. The molecule has 0 radical (unpaired) electrons. The van der Waals surface area contributed by atoms with E-state index in [0.717, 1.165) is 12.8 Å². The van der Waals surface area contributed by atoms with Gasteiger partial charge in [0.25, 0.3) is 0 Å². The molecule has 0 amide bonds. The van der Waals surface area contributed by atoms with Crippen LogP contribution < -0.4 is 0 Å². The van der Waals surface area contributed by atoms with E-state index in [4.69, 9.17) is 4.74 Å². The minimum atomic E-state index is -0.420. The first-order valence-electron chi connectivity index (χ1n) is 5.51. The van der Waals surface area contributed by atoms with Gasteiger partial charge < -0.3 is 4.74 Å². The van der Waals surface area contributed by atoms with E-state index in [0.29, 0.717) is 0 Å². The zero-order valence-electron chi connectivity index (χ0n) is 10.9. The van der Waals surface area contributed by atoms with Crippen molar-refractivity contribution in [2.75, 3.05) is 7.11 Å². The molecular weight excluding hydrogens is 188 g/mol. The predicted molar refractivity (Wildman–Crippen MR) is 63.6 cm³/mol. The second kappa shape index (κ2) is 5.34.